The average Bonchev–Trinajstić information content (AvgIpc) is 2.71. The van der Waals surface area contributed by atoms with Crippen molar-refractivity contribution in [3.05, 3.63) is 47.8 Å². The highest BCUT2D eigenvalue weighted by Crippen LogP contribution is 2.29. The Balaban J connectivity index is 1.80. The lowest BCUT2D eigenvalue weighted by Crippen LogP contribution is -2.33. The molecule has 0 saturated carbocycles. The first-order valence-electron chi connectivity index (χ1n) is 10.2. The Morgan fingerprint density at radius 1 is 1.25 bits per heavy atom. The molecule has 1 aromatic heterocycles. The third kappa shape index (κ3) is 4.97. The highest BCUT2D eigenvalue weighted by Gasteiger charge is 2.25. The third-order valence-electron chi connectivity index (χ3n) is 5.26. The van der Waals surface area contributed by atoms with Gasteiger partial charge in [-0.3, -0.25) is 9.78 Å². The Bertz CT molecular complexity index is 832. The molecule has 1 saturated heterocycles. The number of nitrogens with zero attached hydrogens (tertiary/aromatic N) is 1. The number of pyridine rings is 1. The molecule has 0 aliphatic carbocycles. The first-order chi connectivity index (χ1) is 13.6. The summed E-state index contributed by atoms with van der Waals surface area (Å²) in [7, 11) is 0. The van der Waals surface area contributed by atoms with Crippen LogP contribution in [-0.4, -0.2) is 33.4 Å². The summed E-state index contributed by atoms with van der Waals surface area (Å²) in [5.41, 5.74) is 1.56. The number of esters is 1. The summed E-state index contributed by atoms with van der Waals surface area (Å²) in [6.07, 6.45) is 9.00. The van der Waals surface area contributed by atoms with Crippen LogP contribution in [0.5, 0.6) is 0 Å². The van der Waals surface area contributed by atoms with Crippen LogP contribution in [0.2, 0.25) is 0 Å². The summed E-state index contributed by atoms with van der Waals surface area (Å²) in [4.78, 5) is 16.0. The van der Waals surface area contributed by atoms with E-state index in [1.807, 2.05) is 30.3 Å². The van der Waals surface area contributed by atoms with Crippen LogP contribution >= 0.6 is 0 Å². The van der Waals surface area contributed by atoms with Crippen molar-refractivity contribution in [1.29, 1.82) is 0 Å². The van der Waals surface area contributed by atoms with Gasteiger partial charge in [0.15, 0.2) is 0 Å². The fourth-order valence-electron chi connectivity index (χ4n) is 3.66. The van der Waals surface area contributed by atoms with Crippen molar-refractivity contribution in [2.45, 2.75) is 70.2 Å². The number of hydrogen-bond acceptors (Lipinski definition) is 5. The predicted molar refractivity (Wildman–Crippen MR) is 110 cm³/mol. The lowest BCUT2D eigenvalue weighted by molar-refractivity contribution is -0.158. The highest BCUT2D eigenvalue weighted by atomic mass is 16.6. The smallest absolute Gasteiger partial charge is 0.306 e. The zero-order valence-corrected chi connectivity index (χ0v) is 16.4. The minimum absolute atomic E-state index is 0.253. The molecule has 2 heterocycles. The third-order valence-corrected chi connectivity index (χ3v) is 5.26. The number of benzene rings is 1. The number of aliphatic hydroxyl groups is 2. The van der Waals surface area contributed by atoms with Crippen LogP contribution in [0.15, 0.2) is 36.5 Å². The second-order valence-electron chi connectivity index (χ2n) is 7.43. The predicted octanol–water partition coefficient (Wildman–Crippen LogP) is 4.32. The Morgan fingerprint density at radius 3 is 2.79 bits per heavy atom. The molecule has 1 aromatic carbocycles. The quantitative estimate of drug-likeness (QED) is 0.524. The molecule has 2 N–H and O–H groups in total. The van der Waals surface area contributed by atoms with Gasteiger partial charge >= 0.3 is 5.97 Å². The number of aromatic nitrogens is 1. The number of unbranched alkanes of at least 4 members (excludes halogenated alkanes) is 2. The number of carbonyl (C=O) groups excluding carboxylic acids is 1. The SMILES string of the molecule is CCCCC[C@H](O)c1ncc(/C=C/[C@@H](O)C2CCCC(=O)O2)c2ccccc12. The van der Waals surface area contributed by atoms with Crippen molar-refractivity contribution in [3.8, 4) is 0 Å². The van der Waals surface area contributed by atoms with Crippen molar-refractivity contribution in [1.82, 2.24) is 4.98 Å². The van der Waals surface area contributed by atoms with Gasteiger partial charge in [0.1, 0.15) is 12.2 Å². The number of rotatable bonds is 8. The first-order valence-corrected chi connectivity index (χ1v) is 10.2. The monoisotopic (exact) mass is 383 g/mol. The fourth-order valence-corrected chi connectivity index (χ4v) is 3.66. The molecular formula is C23H29NO4. The molecule has 1 aliphatic rings. The average molecular weight is 383 g/mol. The standard InChI is InChI=1S/C23H29NO4/c1-2-3-4-10-20(26)23-18-9-6-5-8-17(18)16(15-24-23)13-14-19(25)21-11-7-12-22(27)28-21/h5-6,8-9,13-15,19-21,25-26H,2-4,7,10-12H2,1H3/b14-13+/t19-,20+,21?/m1/s1. The molecule has 0 radical (unpaired) electrons. The maximum absolute atomic E-state index is 11.4. The van der Waals surface area contributed by atoms with E-state index in [0.29, 0.717) is 25.0 Å². The molecule has 3 atom stereocenters. The molecule has 0 amide bonds. The Labute approximate surface area is 166 Å². The number of cyclic esters (lactones) is 1. The number of ether oxygens (including phenoxy) is 1. The highest BCUT2D eigenvalue weighted by molar-refractivity contribution is 5.92. The van der Waals surface area contributed by atoms with Crippen LogP contribution in [0.1, 0.15) is 69.2 Å². The Hall–Kier alpha value is -2.24. The summed E-state index contributed by atoms with van der Waals surface area (Å²) in [6.45, 7) is 2.14. The largest absolute Gasteiger partial charge is 0.459 e. The van der Waals surface area contributed by atoms with E-state index in [2.05, 4.69) is 11.9 Å². The molecule has 28 heavy (non-hydrogen) atoms. The van der Waals surface area contributed by atoms with Gasteiger partial charge in [0, 0.05) is 23.6 Å². The number of hydrogen-bond donors (Lipinski definition) is 2. The molecule has 2 aromatic rings. The van der Waals surface area contributed by atoms with Gasteiger partial charge in [-0.2, -0.15) is 0 Å². The molecule has 3 rings (SSSR count). The van der Waals surface area contributed by atoms with Crippen LogP contribution in [0.25, 0.3) is 16.8 Å². The van der Waals surface area contributed by atoms with Gasteiger partial charge in [0.05, 0.1) is 11.8 Å². The molecular weight excluding hydrogens is 354 g/mol. The van der Waals surface area contributed by atoms with Crippen molar-refractivity contribution in [3.63, 3.8) is 0 Å². The van der Waals surface area contributed by atoms with Gasteiger partial charge in [0.2, 0.25) is 0 Å². The Morgan fingerprint density at radius 2 is 2.04 bits per heavy atom. The molecule has 0 bridgehead atoms. The summed E-state index contributed by atoms with van der Waals surface area (Å²) in [6, 6.07) is 7.85. The lowest BCUT2D eigenvalue weighted by atomic mass is 9.98. The van der Waals surface area contributed by atoms with E-state index in [-0.39, 0.29) is 5.97 Å². The summed E-state index contributed by atoms with van der Waals surface area (Å²) < 4.78 is 5.23. The van der Waals surface area contributed by atoms with Crippen LogP contribution in [0.3, 0.4) is 0 Å². The van der Waals surface area contributed by atoms with Crippen LogP contribution < -0.4 is 0 Å². The summed E-state index contributed by atoms with van der Waals surface area (Å²) in [5, 5.41) is 22.8. The Kier molecular flexibility index (Phi) is 7.18. The second kappa shape index (κ2) is 9.80. The fraction of sp³-hybridized carbons (Fsp3) is 0.478. The second-order valence-corrected chi connectivity index (χ2v) is 7.43. The molecule has 1 fully saturated rings. The normalized spacial score (nSPS) is 19.7. The van der Waals surface area contributed by atoms with E-state index in [1.165, 1.54) is 0 Å². The number of fused-ring (bicyclic) bond motifs is 1. The number of carbonyl (C=O) groups is 1. The topological polar surface area (TPSA) is 79.7 Å². The molecule has 1 aliphatic heterocycles. The van der Waals surface area contributed by atoms with E-state index in [0.717, 1.165) is 42.0 Å². The molecule has 0 spiro atoms. The van der Waals surface area contributed by atoms with Gasteiger partial charge < -0.3 is 14.9 Å². The van der Waals surface area contributed by atoms with E-state index in [4.69, 9.17) is 4.74 Å². The minimum Gasteiger partial charge on any atom is -0.459 e. The van der Waals surface area contributed by atoms with E-state index >= 15 is 0 Å². The molecule has 5 nitrogen and oxygen atoms in total. The van der Waals surface area contributed by atoms with Gasteiger partial charge in [0.25, 0.3) is 0 Å². The first kappa shape index (κ1) is 20.5. The zero-order chi connectivity index (χ0) is 19.9. The minimum atomic E-state index is -0.845. The van der Waals surface area contributed by atoms with E-state index in [1.54, 1.807) is 12.3 Å². The molecule has 150 valence electrons. The molecule has 1 unspecified atom stereocenters. The van der Waals surface area contributed by atoms with Crippen molar-refractivity contribution < 1.29 is 19.7 Å². The van der Waals surface area contributed by atoms with Crippen molar-refractivity contribution >= 4 is 22.8 Å². The van der Waals surface area contributed by atoms with Crippen molar-refractivity contribution in [2.75, 3.05) is 0 Å². The van der Waals surface area contributed by atoms with Crippen LogP contribution in [0.4, 0.5) is 0 Å². The maximum atomic E-state index is 11.4. The van der Waals surface area contributed by atoms with Crippen molar-refractivity contribution in [2.24, 2.45) is 0 Å². The number of aliphatic hydroxyl groups excluding tert-OH is 2. The maximum Gasteiger partial charge on any atom is 0.306 e. The van der Waals surface area contributed by atoms with Gasteiger partial charge in [-0.1, -0.05) is 62.6 Å². The lowest BCUT2D eigenvalue weighted by Gasteiger charge is -2.24. The van der Waals surface area contributed by atoms with E-state index < -0.39 is 18.3 Å². The zero-order valence-electron chi connectivity index (χ0n) is 16.4. The van der Waals surface area contributed by atoms with Crippen LogP contribution in [-0.2, 0) is 9.53 Å². The van der Waals surface area contributed by atoms with Gasteiger partial charge in [-0.15, -0.1) is 0 Å². The summed E-state index contributed by atoms with van der Waals surface area (Å²) in [5.74, 6) is -0.253. The summed E-state index contributed by atoms with van der Waals surface area (Å²) >= 11 is 0. The molecule has 5 heteroatoms. The van der Waals surface area contributed by atoms with Crippen LogP contribution in [0, 0.1) is 0 Å². The van der Waals surface area contributed by atoms with Gasteiger partial charge in [-0.25, -0.2) is 0 Å². The van der Waals surface area contributed by atoms with E-state index in [9.17, 15) is 15.0 Å². The van der Waals surface area contributed by atoms with Gasteiger partial charge in [-0.05, 0) is 24.6 Å².